The molecule has 0 amide bonds. The number of nitrogens with two attached hydrogens (primary N) is 1. The van der Waals surface area contributed by atoms with Crippen molar-refractivity contribution in [2.45, 2.75) is 19.4 Å². The molecule has 15 heavy (non-hydrogen) atoms. The topological polar surface area (TPSA) is 66.7 Å². The van der Waals surface area contributed by atoms with Gasteiger partial charge in [0.15, 0.2) is 0 Å². The van der Waals surface area contributed by atoms with Crippen LogP contribution in [0.2, 0.25) is 0 Å². The predicted octanol–water partition coefficient (Wildman–Crippen LogP) is 1.71. The van der Waals surface area contributed by atoms with Crippen molar-refractivity contribution in [2.75, 3.05) is 11.9 Å². The van der Waals surface area contributed by atoms with Gasteiger partial charge in [0.25, 0.3) is 0 Å². The quantitative estimate of drug-likeness (QED) is 0.713. The minimum atomic E-state index is -0.203. The summed E-state index contributed by atoms with van der Waals surface area (Å²) in [5.41, 5.74) is 7.81. The van der Waals surface area contributed by atoms with Crippen LogP contribution in [0.15, 0.2) is 24.4 Å². The molecule has 0 spiro atoms. The number of aromatic amines is 1. The lowest BCUT2D eigenvalue weighted by Gasteiger charge is -2.19. The monoisotopic (exact) mass is 204 g/mol. The van der Waals surface area contributed by atoms with Gasteiger partial charge in [0, 0.05) is 23.2 Å². The van der Waals surface area contributed by atoms with Gasteiger partial charge in [-0.2, -0.15) is 5.10 Å². The molecule has 0 fully saturated rings. The Bertz CT molecular complexity index is 453. The molecule has 80 valence electrons. The molecule has 4 N–H and O–H groups in total. The van der Waals surface area contributed by atoms with Crippen molar-refractivity contribution in [3.05, 3.63) is 24.4 Å². The molecular formula is C11H16N4. The SMILES string of the molecule is CC(C)(N)CNc1ccc2[nH]ncc2c1. The number of fused-ring (bicyclic) bond motifs is 1. The van der Waals surface area contributed by atoms with Gasteiger partial charge in [-0.1, -0.05) is 0 Å². The van der Waals surface area contributed by atoms with Crippen molar-refractivity contribution >= 4 is 16.6 Å². The Kier molecular flexibility index (Phi) is 2.36. The van der Waals surface area contributed by atoms with Crippen LogP contribution in [0, 0.1) is 0 Å². The van der Waals surface area contributed by atoms with Crippen molar-refractivity contribution in [1.29, 1.82) is 0 Å². The Morgan fingerprint density at radius 1 is 1.47 bits per heavy atom. The van der Waals surface area contributed by atoms with Crippen LogP contribution in [-0.2, 0) is 0 Å². The van der Waals surface area contributed by atoms with Gasteiger partial charge in [-0.05, 0) is 32.0 Å². The van der Waals surface area contributed by atoms with E-state index in [2.05, 4.69) is 21.6 Å². The molecule has 0 saturated carbocycles. The molecule has 0 bridgehead atoms. The first-order valence-electron chi connectivity index (χ1n) is 5.00. The number of hydrogen-bond acceptors (Lipinski definition) is 3. The number of nitrogens with one attached hydrogen (secondary N) is 2. The molecule has 4 heteroatoms. The number of nitrogens with zero attached hydrogens (tertiary/aromatic N) is 1. The number of benzene rings is 1. The first-order chi connectivity index (χ1) is 7.04. The summed E-state index contributed by atoms with van der Waals surface area (Å²) in [5, 5.41) is 11.3. The minimum Gasteiger partial charge on any atom is -0.383 e. The van der Waals surface area contributed by atoms with E-state index in [4.69, 9.17) is 5.73 Å². The lowest BCUT2D eigenvalue weighted by Crippen LogP contribution is -2.39. The van der Waals surface area contributed by atoms with Crippen LogP contribution in [0.4, 0.5) is 5.69 Å². The van der Waals surface area contributed by atoms with E-state index in [0.717, 1.165) is 23.1 Å². The largest absolute Gasteiger partial charge is 0.383 e. The molecule has 0 aliphatic heterocycles. The van der Waals surface area contributed by atoms with Crippen molar-refractivity contribution in [2.24, 2.45) is 5.73 Å². The fraction of sp³-hybridized carbons (Fsp3) is 0.364. The highest BCUT2D eigenvalue weighted by atomic mass is 15.1. The van der Waals surface area contributed by atoms with Crippen LogP contribution in [0.1, 0.15) is 13.8 Å². The molecule has 0 radical (unpaired) electrons. The summed E-state index contributed by atoms with van der Waals surface area (Å²) in [4.78, 5) is 0. The molecule has 1 aromatic heterocycles. The van der Waals surface area contributed by atoms with Gasteiger partial charge in [-0.25, -0.2) is 0 Å². The van der Waals surface area contributed by atoms with Crippen molar-refractivity contribution < 1.29 is 0 Å². The number of H-pyrrole nitrogens is 1. The maximum Gasteiger partial charge on any atom is 0.0651 e. The Hall–Kier alpha value is -1.55. The third kappa shape index (κ3) is 2.47. The first-order valence-corrected chi connectivity index (χ1v) is 5.00. The van der Waals surface area contributed by atoms with Gasteiger partial charge in [0.1, 0.15) is 0 Å². The van der Waals surface area contributed by atoms with E-state index in [1.165, 1.54) is 0 Å². The number of aromatic nitrogens is 2. The highest BCUT2D eigenvalue weighted by Gasteiger charge is 2.09. The third-order valence-electron chi connectivity index (χ3n) is 2.19. The summed E-state index contributed by atoms with van der Waals surface area (Å²) < 4.78 is 0. The lowest BCUT2D eigenvalue weighted by molar-refractivity contribution is 0.549. The van der Waals surface area contributed by atoms with E-state index in [1.807, 2.05) is 32.2 Å². The maximum atomic E-state index is 5.89. The molecule has 0 saturated heterocycles. The van der Waals surface area contributed by atoms with Crippen LogP contribution >= 0.6 is 0 Å². The average molecular weight is 204 g/mol. The number of hydrogen-bond donors (Lipinski definition) is 3. The van der Waals surface area contributed by atoms with Crippen molar-refractivity contribution in [3.8, 4) is 0 Å². The van der Waals surface area contributed by atoms with Crippen LogP contribution in [0.25, 0.3) is 10.9 Å². The van der Waals surface area contributed by atoms with Crippen LogP contribution in [0.5, 0.6) is 0 Å². The Morgan fingerprint density at radius 2 is 2.27 bits per heavy atom. The molecule has 0 aliphatic rings. The highest BCUT2D eigenvalue weighted by molar-refractivity contribution is 5.81. The highest BCUT2D eigenvalue weighted by Crippen LogP contribution is 2.16. The van der Waals surface area contributed by atoms with E-state index >= 15 is 0 Å². The summed E-state index contributed by atoms with van der Waals surface area (Å²) in [6.45, 7) is 4.74. The molecule has 4 nitrogen and oxygen atoms in total. The standard InChI is InChI=1S/C11H16N4/c1-11(2,12)7-13-9-3-4-10-8(5-9)6-14-15-10/h3-6,13H,7,12H2,1-2H3,(H,14,15). The second-order valence-corrected chi connectivity index (χ2v) is 4.51. The summed E-state index contributed by atoms with van der Waals surface area (Å²) >= 11 is 0. The average Bonchev–Trinajstić information content (AvgIpc) is 2.60. The Morgan fingerprint density at radius 3 is 3.00 bits per heavy atom. The van der Waals surface area contributed by atoms with Gasteiger partial charge < -0.3 is 11.1 Å². The molecule has 0 aliphatic carbocycles. The molecule has 0 atom stereocenters. The van der Waals surface area contributed by atoms with Crippen molar-refractivity contribution in [3.63, 3.8) is 0 Å². The van der Waals surface area contributed by atoms with Crippen molar-refractivity contribution in [1.82, 2.24) is 10.2 Å². The summed E-state index contributed by atoms with van der Waals surface area (Å²) in [6, 6.07) is 6.09. The van der Waals surface area contributed by atoms with E-state index in [-0.39, 0.29) is 5.54 Å². The van der Waals surface area contributed by atoms with Gasteiger partial charge in [0.2, 0.25) is 0 Å². The second kappa shape index (κ2) is 3.55. The van der Waals surface area contributed by atoms with Gasteiger partial charge in [0.05, 0.1) is 11.7 Å². The van der Waals surface area contributed by atoms with Crippen LogP contribution in [-0.4, -0.2) is 22.3 Å². The van der Waals surface area contributed by atoms with E-state index in [9.17, 15) is 0 Å². The molecule has 1 aromatic carbocycles. The predicted molar refractivity (Wildman–Crippen MR) is 62.8 cm³/mol. The minimum absolute atomic E-state index is 0.203. The fourth-order valence-corrected chi connectivity index (χ4v) is 1.38. The summed E-state index contributed by atoms with van der Waals surface area (Å²) in [7, 11) is 0. The first kappa shape index (κ1) is 9.98. The zero-order valence-corrected chi connectivity index (χ0v) is 9.04. The Labute approximate surface area is 88.9 Å². The molecule has 2 aromatic rings. The zero-order chi connectivity index (χ0) is 10.9. The Balaban J connectivity index is 2.15. The summed E-state index contributed by atoms with van der Waals surface area (Å²) in [5.74, 6) is 0. The molecular weight excluding hydrogens is 188 g/mol. The van der Waals surface area contributed by atoms with Gasteiger partial charge in [-0.3, -0.25) is 5.10 Å². The van der Waals surface area contributed by atoms with Gasteiger partial charge in [-0.15, -0.1) is 0 Å². The van der Waals surface area contributed by atoms with Gasteiger partial charge >= 0.3 is 0 Å². The molecule has 1 heterocycles. The summed E-state index contributed by atoms with van der Waals surface area (Å²) in [6.07, 6.45) is 1.81. The third-order valence-corrected chi connectivity index (χ3v) is 2.19. The number of rotatable bonds is 3. The smallest absolute Gasteiger partial charge is 0.0651 e. The molecule has 0 unspecified atom stereocenters. The normalized spacial score (nSPS) is 11.9. The lowest BCUT2D eigenvalue weighted by atomic mass is 10.1. The van der Waals surface area contributed by atoms with E-state index in [0.29, 0.717) is 0 Å². The fourth-order valence-electron chi connectivity index (χ4n) is 1.38. The van der Waals surface area contributed by atoms with Crippen LogP contribution in [0.3, 0.4) is 0 Å². The van der Waals surface area contributed by atoms with Crippen LogP contribution < -0.4 is 11.1 Å². The maximum absolute atomic E-state index is 5.89. The zero-order valence-electron chi connectivity index (χ0n) is 9.04. The number of anilines is 1. The second-order valence-electron chi connectivity index (χ2n) is 4.51. The molecule has 2 rings (SSSR count). The van der Waals surface area contributed by atoms with E-state index in [1.54, 1.807) is 0 Å². The van der Waals surface area contributed by atoms with E-state index < -0.39 is 0 Å².